The molecule has 0 aliphatic carbocycles. The Bertz CT molecular complexity index is 814. The van der Waals surface area contributed by atoms with Crippen molar-refractivity contribution in [3.63, 3.8) is 0 Å². The number of thiophene rings is 1. The fourth-order valence-corrected chi connectivity index (χ4v) is 3.25. The summed E-state index contributed by atoms with van der Waals surface area (Å²) >= 11 is 0.978. The summed E-state index contributed by atoms with van der Waals surface area (Å²) in [6, 6.07) is 4.92. The molecule has 8 heteroatoms. The summed E-state index contributed by atoms with van der Waals surface area (Å²) < 4.78 is 10.3. The van der Waals surface area contributed by atoms with E-state index in [1.54, 1.807) is 45.9 Å². The van der Waals surface area contributed by atoms with Gasteiger partial charge >= 0.3 is 11.9 Å². The van der Waals surface area contributed by atoms with Crippen molar-refractivity contribution in [1.82, 2.24) is 4.98 Å². The highest BCUT2D eigenvalue weighted by Gasteiger charge is 2.28. The first-order valence-corrected chi connectivity index (χ1v) is 8.90. The third-order valence-corrected chi connectivity index (χ3v) is 4.47. The quantitative estimate of drug-likeness (QED) is 0.776. The standard InChI is InChI=1S/C18H20N2O5S/c1-5-24-17(22)13-11(4)14(18(23)25-10(2)3)26-16(13)20-15(21)12-8-6-7-9-19-12/h6-10H,5H2,1-4H3,(H,20,21). The van der Waals surface area contributed by atoms with Crippen LogP contribution in [0.25, 0.3) is 0 Å². The van der Waals surface area contributed by atoms with E-state index >= 15 is 0 Å². The molecule has 0 saturated heterocycles. The minimum absolute atomic E-state index is 0.150. The number of esters is 2. The lowest BCUT2D eigenvalue weighted by Crippen LogP contribution is -2.16. The lowest BCUT2D eigenvalue weighted by molar-refractivity contribution is 0.0383. The molecule has 2 aromatic rings. The maximum atomic E-state index is 12.4. The third kappa shape index (κ3) is 4.45. The van der Waals surface area contributed by atoms with Gasteiger partial charge in [0.25, 0.3) is 5.91 Å². The number of aromatic nitrogens is 1. The molecule has 0 spiro atoms. The highest BCUT2D eigenvalue weighted by molar-refractivity contribution is 7.18. The fourth-order valence-electron chi connectivity index (χ4n) is 2.18. The van der Waals surface area contributed by atoms with Crippen LogP contribution in [0, 0.1) is 6.92 Å². The zero-order valence-electron chi connectivity index (χ0n) is 15.0. The molecule has 1 N–H and O–H groups in total. The predicted molar refractivity (Wildman–Crippen MR) is 97.8 cm³/mol. The maximum Gasteiger partial charge on any atom is 0.348 e. The van der Waals surface area contributed by atoms with Crippen molar-refractivity contribution in [3.05, 3.63) is 46.1 Å². The highest BCUT2D eigenvalue weighted by atomic mass is 32.1. The van der Waals surface area contributed by atoms with Crippen LogP contribution in [0.15, 0.2) is 24.4 Å². The minimum atomic E-state index is -0.610. The highest BCUT2D eigenvalue weighted by Crippen LogP contribution is 2.34. The van der Waals surface area contributed by atoms with Crippen LogP contribution in [0.4, 0.5) is 5.00 Å². The van der Waals surface area contributed by atoms with E-state index in [1.807, 2.05) is 0 Å². The summed E-state index contributed by atoms with van der Waals surface area (Å²) in [6.45, 7) is 6.94. The molecule has 0 aliphatic rings. The van der Waals surface area contributed by atoms with E-state index in [9.17, 15) is 14.4 Å². The van der Waals surface area contributed by atoms with E-state index < -0.39 is 17.8 Å². The zero-order valence-corrected chi connectivity index (χ0v) is 15.8. The number of carbonyl (C=O) groups is 3. The first kappa shape index (κ1) is 19.6. The van der Waals surface area contributed by atoms with E-state index in [2.05, 4.69) is 10.3 Å². The average Bonchev–Trinajstić information content (AvgIpc) is 2.91. The Morgan fingerprint density at radius 1 is 1.23 bits per heavy atom. The Kier molecular flexibility index (Phi) is 6.46. The Labute approximate surface area is 155 Å². The molecule has 0 bridgehead atoms. The van der Waals surface area contributed by atoms with E-state index in [-0.39, 0.29) is 33.8 Å². The normalized spacial score (nSPS) is 10.5. The smallest absolute Gasteiger partial charge is 0.348 e. The summed E-state index contributed by atoms with van der Waals surface area (Å²) in [7, 11) is 0. The second kappa shape index (κ2) is 8.57. The zero-order chi connectivity index (χ0) is 19.3. The summed E-state index contributed by atoms with van der Waals surface area (Å²) in [5.41, 5.74) is 0.756. The van der Waals surface area contributed by atoms with Crippen molar-refractivity contribution in [2.45, 2.75) is 33.8 Å². The number of pyridine rings is 1. The van der Waals surface area contributed by atoms with Gasteiger partial charge in [0.2, 0.25) is 0 Å². The largest absolute Gasteiger partial charge is 0.462 e. The summed E-state index contributed by atoms with van der Waals surface area (Å²) in [4.78, 5) is 41.2. The Morgan fingerprint density at radius 2 is 1.96 bits per heavy atom. The number of rotatable bonds is 6. The number of anilines is 1. The lowest BCUT2D eigenvalue weighted by atomic mass is 10.1. The predicted octanol–water partition coefficient (Wildman–Crippen LogP) is 3.45. The van der Waals surface area contributed by atoms with Gasteiger partial charge in [-0.3, -0.25) is 9.78 Å². The maximum absolute atomic E-state index is 12.4. The molecule has 7 nitrogen and oxygen atoms in total. The van der Waals surface area contributed by atoms with Gasteiger partial charge in [0.1, 0.15) is 15.6 Å². The first-order chi connectivity index (χ1) is 12.3. The van der Waals surface area contributed by atoms with Gasteiger partial charge in [-0.1, -0.05) is 6.07 Å². The molecule has 0 aliphatic heterocycles. The second-order valence-electron chi connectivity index (χ2n) is 5.60. The number of nitrogens with zero attached hydrogens (tertiary/aromatic N) is 1. The second-order valence-corrected chi connectivity index (χ2v) is 6.62. The molecule has 26 heavy (non-hydrogen) atoms. The SMILES string of the molecule is CCOC(=O)c1c(NC(=O)c2ccccn2)sc(C(=O)OC(C)C)c1C. The van der Waals surface area contributed by atoms with E-state index in [1.165, 1.54) is 6.20 Å². The molecule has 0 atom stereocenters. The molecule has 0 radical (unpaired) electrons. The Balaban J connectivity index is 2.41. The lowest BCUT2D eigenvalue weighted by Gasteiger charge is -2.07. The number of carbonyl (C=O) groups excluding carboxylic acids is 3. The van der Waals surface area contributed by atoms with Crippen LogP contribution in [0.1, 0.15) is 56.9 Å². The minimum Gasteiger partial charge on any atom is -0.462 e. The molecule has 0 aromatic carbocycles. The van der Waals surface area contributed by atoms with Crippen LogP contribution in [0.5, 0.6) is 0 Å². The van der Waals surface area contributed by atoms with E-state index in [0.29, 0.717) is 5.56 Å². The summed E-state index contributed by atoms with van der Waals surface area (Å²) in [6.07, 6.45) is 1.19. The molecule has 138 valence electrons. The van der Waals surface area contributed by atoms with Crippen LogP contribution in [-0.2, 0) is 9.47 Å². The Hall–Kier alpha value is -2.74. The van der Waals surface area contributed by atoms with Crippen molar-refractivity contribution >= 4 is 34.2 Å². The Morgan fingerprint density at radius 3 is 2.54 bits per heavy atom. The third-order valence-electron chi connectivity index (χ3n) is 3.28. The number of nitrogens with one attached hydrogen (secondary N) is 1. The molecule has 0 saturated carbocycles. The van der Waals surface area contributed by atoms with Crippen molar-refractivity contribution in [2.24, 2.45) is 0 Å². The molecule has 1 amide bonds. The molecule has 0 unspecified atom stereocenters. The summed E-state index contributed by atoms with van der Waals surface area (Å²) in [5.74, 6) is -1.64. The van der Waals surface area contributed by atoms with Crippen molar-refractivity contribution in [2.75, 3.05) is 11.9 Å². The van der Waals surface area contributed by atoms with Crippen molar-refractivity contribution < 1.29 is 23.9 Å². The number of hydrogen-bond donors (Lipinski definition) is 1. The fraction of sp³-hybridized carbons (Fsp3) is 0.333. The van der Waals surface area contributed by atoms with Gasteiger partial charge in [-0.25, -0.2) is 9.59 Å². The van der Waals surface area contributed by atoms with Crippen molar-refractivity contribution in [1.29, 1.82) is 0 Å². The van der Waals surface area contributed by atoms with Crippen LogP contribution in [0.3, 0.4) is 0 Å². The first-order valence-electron chi connectivity index (χ1n) is 8.09. The van der Waals surface area contributed by atoms with Gasteiger partial charge in [-0.15, -0.1) is 11.3 Å². The van der Waals surface area contributed by atoms with E-state index in [0.717, 1.165) is 11.3 Å². The van der Waals surface area contributed by atoms with Gasteiger partial charge in [0.15, 0.2) is 0 Å². The molecule has 2 rings (SSSR count). The number of ether oxygens (including phenoxy) is 2. The van der Waals surface area contributed by atoms with E-state index in [4.69, 9.17) is 9.47 Å². The molecular formula is C18H20N2O5S. The van der Waals surface area contributed by atoms with Crippen molar-refractivity contribution in [3.8, 4) is 0 Å². The van der Waals surface area contributed by atoms with Crippen LogP contribution in [0.2, 0.25) is 0 Å². The topological polar surface area (TPSA) is 94.6 Å². The summed E-state index contributed by atoms with van der Waals surface area (Å²) in [5, 5.41) is 2.87. The van der Waals surface area contributed by atoms with Gasteiger partial charge in [-0.05, 0) is 45.4 Å². The molecular weight excluding hydrogens is 356 g/mol. The van der Waals surface area contributed by atoms with Crippen LogP contribution in [-0.4, -0.2) is 35.5 Å². The number of hydrogen-bond acceptors (Lipinski definition) is 7. The molecule has 0 fully saturated rings. The molecule has 2 aromatic heterocycles. The van der Waals surface area contributed by atoms with Crippen LogP contribution >= 0.6 is 11.3 Å². The van der Waals surface area contributed by atoms with Crippen LogP contribution < -0.4 is 5.32 Å². The van der Waals surface area contributed by atoms with Gasteiger partial charge in [0.05, 0.1) is 18.3 Å². The van der Waals surface area contributed by atoms with Gasteiger partial charge in [0, 0.05) is 6.20 Å². The van der Waals surface area contributed by atoms with Gasteiger partial charge < -0.3 is 14.8 Å². The average molecular weight is 376 g/mol. The number of amides is 1. The monoisotopic (exact) mass is 376 g/mol. The van der Waals surface area contributed by atoms with Gasteiger partial charge in [-0.2, -0.15) is 0 Å². The molecule has 2 heterocycles.